The maximum Gasteiger partial charge on any atom is 0.323 e. The number of carbonyl (C=O) groups excluding carboxylic acids is 1. The number of hydrogen-bond acceptors (Lipinski definition) is 4. The van der Waals surface area contributed by atoms with Crippen molar-refractivity contribution in [2.24, 2.45) is 0 Å². The Balaban J connectivity index is 1.92. The van der Waals surface area contributed by atoms with Gasteiger partial charge in [0.15, 0.2) is 0 Å². The number of halogens is 1. The van der Waals surface area contributed by atoms with E-state index in [9.17, 15) is 19.3 Å². The van der Waals surface area contributed by atoms with E-state index >= 15 is 0 Å². The van der Waals surface area contributed by atoms with E-state index in [1.54, 1.807) is 4.90 Å². The summed E-state index contributed by atoms with van der Waals surface area (Å²) >= 11 is 0. The minimum Gasteiger partial charge on any atom is -0.324 e. The van der Waals surface area contributed by atoms with Crippen LogP contribution in [0.3, 0.4) is 0 Å². The number of amides is 2. The monoisotopic (exact) mass is 330 g/mol. The molecular formula is C16H15FN4O3. The Kier molecular flexibility index (Phi) is 4.37. The van der Waals surface area contributed by atoms with E-state index in [0.717, 1.165) is 12.8 Å². The van der Waals surface area contributed by atoms with Crippen LogP contribution in [0.1, 0.15) is 12.8 Å². The van der Waals surface area contributed by atoms with Crippen LogP contribution >= 0.6 is 0 Å². The lowest BCUT2D eigenvalue weighted by Gasteiger charge is -2.16. The van der Waals surface area contributed by atoms with Crippen LogP contribution in [0.4, 0.5) is 20.7 Å². The average molecular weight is 330 g/mol. The fourth-order valence-corrected chi connectivity index (χ4v) is 2.57. The van der Waals surface area contributed by atoms with E-state index in [2.05, 4.69) is 10.3 Å². The summed E-state index contributed by atoms with van der Waals surface area (Å²) in [5.74, 6) is -0.498. The van der Waals surface area contributed by atoms with Gasteiger partial charge in [-0.1, -0.05) is 0 Å². The minimum atomic E-state index is -0.596. The van der Waals surface area contributed by atoms with E-state index in [0.29, 0.717) is 24.3 Å². The number of rotatable bonds is 3. The van der Waals surface area contributed by atoms with Gasteiger partial charge < -0.3 is 4.90 Å². The average Bonchev–Trinajstić information content (AvgIpc) is 3.10. The van der Waals surface area contributed by atoms with Gasteiger partial charge in [-0.25, -0.2) is 14.2 Å². The summed E-state index contributed by atoms with van der Waals surface area (Å²) in [4.78, 5) is 28.5. The second-order valence-electron chi connectivity index (χ2n) is 5.45. The van der Waals surface area contributed by atoms with Gasteiger partial charge in [0.05, 0.1) is 10.6 Å². The Hall–Kier alpha value is -3.03. The van der Waals surface area contributed by atoms with Crippen molar-refractivity contribution in [3.63, 3.8) is 0 Å². The first-order valence-corrected chi connectivity index (χ1v) is 7.52. The van der Waals surface area contributed by atoms with Gasteiger partial charge in [-0.05, 0) is 43.2 Å². The van der Waals surface area contributed by atoms with E-state index in [1.165, 1.54) is 36.4 Å². The number of pyridine rings is 1. The van der Waals surface area contributed by atoms with Crippen LogP contribution in [0.5, 0.6) is 0 Å². The predicted molar refractivity (Wildman–Crippen MR) is 86.1 cm³/mol. The molecule has 7 nitrogen and oxygen atoms in total. The summed E-state index contributed by atoms with van der Waals surface area (Å²) in [5, 5.41) is 13.7. The summed E-state index contributed by atoms with van der Waals surface area (Å²) in [7, 11) is 0. The Labute approximate surface area is 137 Å². The Morgan fingerprint density at radius 3 is 2.46 bits per heavy atom. The maximum atomic E-state index is 13.0. The van der Waals surface area contributed by atoms with Gasteiger partial charge in [0.1, 0.15) is 5.82 Å². The molecule has 3 rings (SSSR count). The third-order valence-corrected chi connectivity index (χ3v) is 3.83. The quantitative estimate of drug-likeness (QED) is 0.690. The van der Waals surface area contributed by atoms with E-state index in [1.807, 2.05) is 0 Å². The maximum absolute atomic E-state index is 13.0. The standard InChI is InChI=1S/C16H15FN4O3/c17-12-5-3-11(4-6-12)13-7-8-14(21(23)24)15(18-13)19-16(22)20-9-1-2-10-20/h3-8H,1-2,9-10H2,(H,18,19,22). The molecule has 2 amide bonds. The molecule has 1 aliphatic heterocycles. The first-order valence-electron chi connectivity index (χ1n) is 7.52. The van der Waals surface area contributed by atoms with E-state index < -0.39 is 11.0 Å². The zero-order chi connectivity index (χ0) is 17.1. The lowest BCUT2D eigenvalue weighted by Crippen LogP contribution is -2.32. The Bertz CT molecular complexity index is 773. The van der Waals surface area contributed by atoms with Gasteiger partial charge in [0.25, 0.3) is 0 Å². The van der Waals surface area contributed by atoms with Gasteiger partial charge in [-0.2, -0.15) is 0 Å². The molecule has 1 fully saturated rings. The molecule has 1 aliphatic rings. The number of urea groups is 1. The summed E-state index contributed by atoms with van der Waals surface area (Å²) in [5.41, 5.74) is 0.730. The zero-order valence-corrected chi connectivity index (χ0v) is 12.7. The molecule has 2 heterocycles. The number of aromatic nitrogens is 1. The number of hydrogen-bond donors (Lipinski definition) is 1. The van der Waals surface area contributed by atoms with Crippen molar-refractivity contribution >= 4 is 17.5 Å². The lowest BCUT2D eigenvalue weighted by molar-refractivity contribution is -0.384. The van der Waals surface area contributed by atoms with Crippen molar-refractivity contribution < 1.29 is 14.1 Å². The summed E-state index contributed by atoms with van der Waals surface area (Å²) in [6, 6.07) is 7.95. The van der Waals surface area contributed by atoms with Crippen molar-refractivity contribution in [1.82, 2.24) is 9.88 Å². The molecule has 124 valence electrons. The summed E-state index contributed by atoms with van der Waals surface area (Å²) in [6.07, 6.45) is 1.83. The summed E-state index contributed by atoms with van der Waals surface area (Å²) in [6.45, 7) is 1.24. The third-order valence-electron chi connectivity index (χ3n) is 3.83. The van der Waals surface area contributed by atoms with Crippen molar-refractivity contribution in [2.45, 2.75) is 12.8 Å². The molecule has 8 heteroatoms. The normalized spacial score (nSPS) is 13.8. The lowest BCUT2D eigenvalue weighted by atomic mass is 10.1. The topological polar surface area (TPSA) is 88.4 Å². The smallest absolute Gasteiger partial charge is 0.323 e. The molecule has 1 saturated heterocycles. The number of likely N-dealkylation sites (tertiary alicyclic amines) is 1. The molecule has 1 N–H and O–H groups in total. The van der Waals surface area contributed by atoms with E-state index in [4.69, 9.17) is 0 Å². The van der Waals surface area contributed by atoms with Crippen molar-refractivity contribution in [3.8, 4) is 11.3 Å². The molecule has 0 bridgehead atoms. The zero-order valence-electron chi connectivity index (χ0n) is 12.7. The van der Waals surface area contributed by atoms with Gasteiger partial charge in [0.2, 0.25) is 5.82 Å². The number of nitrogens with one attached hydrogen (secondary N) is 1. The Morgan fingerprint density at radius 2 is 1.83 bits per heavy atom. The Morgan fingerprint density at radius 1 is 1.17 bits per heavy atom. The number of anilines is 1. The first kappa shape index (κ1) is 15.9. The molecule has 0 spiro atoms. The molecule has 0 radical (unpaired) electrons. The highest BCUT2D eigenvalue weighted by Gasteiger charge is 2.23. The van der Waals surface area contributed by atoms with Crippen LogP contribution in [0.15, 0.2) is 36.4 Å². The predicted octanol–water partition coefficient (Wildman–Crippen LogP) is 3.42. The van der Waals surface area contributed by atoms with Gasteiger partial charge in [-0.3, -0.25) is 15.4 Å². The third kappa shape index (κ3) is 3.32. The molecule has 0 unspecified atom stereocenters. The first-order chi connectivity index (χ1) is 11.5. The highest BCUT2D eigenvalue weighted by Crippen LogP contribution is 2.27. The molecular weight excluding hydrogens is 315 g/mol. The molecule has 0 atom stereocenters. The summed E-state index contributed by atoms with van der Waals surface area (Å²) < 4.78 is 13.0. The number of nitrogens with zero attached hydrogens (tertiary/aromatic N) is 3. The van der Waals surface area contributed by atoms with E-state index in [-0.39, 0.29) is 17.3 Å². The molecule has 1 aromatic carbocycles. The molecule has 1 aromatic heterocycles. The second kappa shape index (κ2) is 6.61. The molecule has 0 saturated carbocycles. The van der Waals surface area contributed by atoms with Crippen molar-refractivity contribution in [1.29, 1.82) is 0 Å². The SMILES string of the molecule is O=C(Nc1nc(-c2ccc(F)cc2)ccc1[N+](=O)[O-])N1CCCC1. The molecule has 0 aliphatic carbocycles. The largest absolute Gasteiger partial charge is 0.324 e. The number of benzene rings is 1. The fourth-order valence-electron chi connectivity index (χ4n) is 2.57. The van der Waals surface area contributed by atoms with Crippen LogP contribution in [0.2, 0.25) is 0 Å². The van der Waals surface area contributed by atoms with Gasteiger partial charge >= 0.3 is 11.7 Å². The van der Waals surface area contributed by atoms with Crippen LogP contribution < -0.4 is 5.32 Å². The number of carbonyl (C=O) groups is 1. The number of nitro groups is 1. The second-order valence-corrected chi connectivity index (χ2v) is 5.45. The van der Waals surface area contributed by atoms with Crippen molar-refractivity contribution in [2.75, 3.05) is 18.4 Å². The van der Waals surface area contributed by atoms with Crippen LogP contribution in [-0.4, -0.2) is 33.9 Å². The van der Waals surface area contributed by atoms with Gasteiger partial charge in [0, 0.05) is 24.7 Å². The molecule has 2 aromatic rings. The fraction of sp³-hybridized carbons (Fsp3) is 0.250. The van der Waals surface area contributed by atoms with Crippen LogP contribution in [0, 0.1) is 15.9 Å². The van der Waals surface area contributed by atoms with Crippen molar-refractivity contribution in [3.05, 3.63) is 52.3 Å². The highest BCUT2D eigenvalue weighted by atomic mass is 19.1. The van der Waals surface area contributed by atoms with Crippen LogP contribution in [-0.2, 0) is 0 Å². The van der Waals surface area contributed by atoms with Crippen LogP contribution in [0.25, 0.3) is 11.3 Å². The molecule has 24 heavy (non-hydrogen) atoms. The van der Waals surface area contributed by atoms with Gasteiger partial charge in [-0.15, -0.1) is 0 Å². The highest BCUT2D eigenvalue weighted by molar-refractivity contribution is 5.91. The minimum absolute atomic E-state index is 0.112.